The first-order chi connectivity index (χ1) is 4.91. The minimum Gasteiger partial charge on any atom is -0.370 e. The van der Waals surface area contributed by atoms with Crippen molar-refractivity contribution < 1.29 is 4.74 Å². The van der Waals surface area contributed by atoms with Gasteiger partial charge < -0.3 is 4.74 Å². The van der Waals surface area contributed by atoms with E-state index in [4.69, 9.17) is 4.74 Å². The van der Waals surface area contributed by atoms with Gasteiger partial charge in [0, 0.05) is 6.61 Å². The van der Waals surface area contributed by atoms with E-state index in [2.05, 4.69) is 18.6 Å². The molecule has 0 aliphatic rings. The van der Waals surface area contributed by atoms with Gasteiger partial charge in [0.05, 0.1) is 0 Å². The summed E-state index contributed by atoms with van der Waals surface area (Å²) in [4.78, 5) is 0. The van der Waals surface area contributed by atoms with Crippen molar-refractivity contribution in [2.75, 3.05) is 12.5 Å². The number of unbranched alkanes of at least 4 members (excludes halogenated alkanes) is 3. The van der Waals surface area contributed by atoms with Gasteiger partial charge in [-0.1, -0.05) is 37.0 Å². The lowest BCUT2D eigenvalue weighted by atomic mass is 10.2. The van der Waals surface area contributed by atoms with Crippen LogP contribution in [0, 0.1) is 0 Å². The molecule has 0 aliphatic heterocycles. The summed E-state index contributed by atoms with van der Waals surface area (Å²) < 4.78 is 5.22. The van der Waals surface area contributed by atoms with E-state index in [1.165, 1.54) is 36.5 Å². The van der Waals surface area contributed by atoms with E-state index in [1.54, 1.807) is 0 Å². The normalized spacial score (nSPS) is 10.2. The second-order valence-corrected chi connectivity index (χ2v) is 3.48. The molecular weight excluding hydrogens is 164 g/mol. The van der Waals surface area contributed by atoms with Crippen molar-refractivity contribution >= 4 is 22.5 Å². The van der Waals surface area contributed by atoms with Crippen LogP contribution in [0.3, 0.4) is 0 Å². The zero-order valence-corrected chi connectivity index (χ0v) is 8.22. The van der Waals surface area contributed by atoms with E-state index < -0.39 is 0 Å². The third kappa shape index (κ3) is 8.66. The maximum Gasteiger partial charge on any atom is 0.102 e. The Morgan fingerprint density at radius 2 is 2.10 bits per heavy atom. The predicted molar refractivity (Wildman–Crippen MR) is 51.5 cm³/mol. The van der Waals surface area contributed by atoms with Crippen molar-refractivity contribution in [2.45, 2.75) is 32.6 Å². The van der Waals surface area contributed by atoms with E-state index >= 15 is 0 Å². The smallest absolute Gasteiger partial charge is 0.102 e. The second kappa shape index (κ2) is 9.66. The number of rotatable bonds is 7. The molecule has 0 N–H and O–H groups in total. The largest absolute Gasteiger partial charge is 0.370 e. The molecule has 62 valence electrons. The van der Waals surface area contributed by atoms with Gasteiger partial charge in [0.25, 0.3) is 0 Å². The molecule has 0 heterocycles. The highest BCUT2D eigenvalue weighted by molar-refractivity contribution is 8.68. The Labute approximate surface area is 72.7 Å². The second-order valence-electron chi connectivity index (χ2n) is 2.22. The fourth-order valence-corrected chi connectivity index (χ4v) is 1.14. The first-order valence-electron chi connectivity index (χ1n) is 3.76. The van der Waals surface area contributed by atoms with Crippen LogP contribution < -0.4 is 0 Å². The topological polar surface area (TPSA) is 9.23 Å². The molecule has 0 aromatic heterocycles. The van der Waals surface area contributed by atoms with Crippen LogP contribution >= 0.6 is 22.5 Å². The van der Waals surface area contributed by atoms with Crippen LogP contribution in [0.2, 0.25) is 0 Å². The monoisotopic (exact) mass is 180 g/mol. The van der Waals surface area contributed by atoms with Crippen LogP contribution in [0.15, 0.2) is 0 Å². The van der Waals surface area contributed by atoms with Gasteiger partial charge in [-0.25, -0.2) is 0 Å². The molecule has 0 saturated carbocycles. The summed E-state index contributed by atoms with van der Waals surface area (Å²) in [6.07, 6.45) is 5.12. The molecule has 0 radical (unpaired) electrons. The number of hydrogen-bond acceptors (Lipinski definition) is 3. The summed E-state index contributed by atoms with van der Waals surface area (Å²) in [5.74, 6) is 0.717. The highest BCUT2D eigenvalue weighted by atomic mass is 33.1. The standard InChI is InChI=1S/C7H16OS2/c1-2-3-4-5-6-8-7-10-9/h9H,2-7H2,1H3. The summed E-state index contributed by atoms with van der Waals surface area (Å²) in [5, 5.41) is 0. The first-order valence-corrected chi connectivity index (χ1v) is 5.79. The lowest BCUT2D eigenvalue weighted by Crippen LogP contribution is -1.91. The summed E-state index contributed by atoms with van der Waals surface area (Å²) in [6.45, 7) is 3.11. The lowest BCUT2D eigenvalue weighted by molar-refractivity contribution is 0.178. The summed E-state index contributed by atoms with van der Waals surface area (Å²) in [7, 11) is 1.44. The van der Waals surface area contributed by atoms with Crippen molar-refractivity contribution in [1.82, 2.24) is 0 Å². The van der Waals surface area contributed by atoms with Gasteiger partial charge in [-0.05, 0) is 6.42 Å². The van der Waals surface area contributed by atoms with E-state index in [1.807, 2.05) is 0 Å². The van der Waals surface area contributed by atoms with Crippen molar-refractivity contribution in [3.63, 3.8) is 0 Å². The Balaban J connectivity index is 2.65. The van der Waals surface area contributed by atoms with Crippen LogP contribution in [0.4, 0.5) is 0 Å². The van der Waals surface area contributed by atoms with Gasteiger partial charge in [-0.2, -0.15) is 0 Å². The van der Waals surface area contributed by atoms with E-state index in [-0.39, 0.29) is 0 Å². The molecule has 0 bridgehead atoms. The van der Waals surface area contributed by atoms with Crippen molar-refractivity contribution in [3.05, 3.63) is 0 Å². The van der Waals surface area contributed by atoms with E-state index in [0.29, 0.717) is 0 Å². The Morgan fingerprint density at radius 3 is 2.70 bits per heavy atom. The molecule has 0 unspecified atom stereocenters. The minimum atomic E-state index is 0.717. The molecule has 0 spiro atoms. The molecule has 10 heavy (non-hydrogen) atoms. The Morgan fingerprint density at radius 1 is 1.30 bits per heavy atom. The molecule has 0 fully saturated rings. The predicted octanol–water partition coefficient (Wildman–Crippen LogP) is 3.12. The molecule has 0 saturated heterocycles. The quantitative estimate of drug-likeness (QED) is 0.279. The summed E-state index contributed by atoms with van der Waals surface area (Å²) in [6, 6.07) is 0. The average molecular weight is 180 g/mol. The Hall–Kier alpha value is 0.660. The van der Waals surface area contributed by atoms with Gasteiger partial charge in [-0.15, -0.1) is 11.7 Å². The van der Waals surface area contributed by atoms with Crippen LogP contribution in [0.25, 0.3) is 0 Å². The Bertz CT molecular complexity index is 51.6. The molecule has 0 amide bonds. The molecule has 3 heteroatoms. The van der Waals surface area contributed by atoms with Gasteiger partial charge in [-0.3, -0.25) is 0 Å². The van der Waals surface area contributed by atoms with Crippen molar-refractivity contribution in [1.29, 1.82) is 0 Å². The van der Waals surface area contributed by atoms with Crippen LogP contribution in [0.5, 0.6) is 0 Å². The molecular formula is C7H16OS2. The third-order valence-corrected chi connectivity index (χ3v) is 1.87. The number of ether oxygens (including phenoxy) is 1. The molecule has 1 nitrogen and oxygen atoms in total. The van der Waals surface area contributed by atoms with Crippen LogP contribution in [-0.2, 0) is 4.74 Å². The van der Waals surface area contributed by atoms with Gasteiger partial charge in [0.1, 0.15) is 5.94 Å². The highest BCUT2D eigenvalue weighted by Gasteiger charge is 1.87. The van der Waals surface area contributed by atoms with Crippen LogP contribution in [0.1, 0.15) is 32.6 Å². The van der Waals surface area contributed by atoms with Gasteiger partial charge in [0.2, 0.25) is 0 Å². The number of thiol groups is 1. The van der Waals surface area contributed by atoms with E-state index in [9.17, 15) is 0 Å². The van der Waals surface area contributed by atoms with Gasteiger partial charge in [0.15, 0.2) is 0 Å². The fourth-order valence-electron chi connectivity index (χ4n) is 0.727. The Kier molecular flexibility index (Phi) is 10.3. The number of hydrogen-bond donors (Lipinski definition) is 1. The summed E-state index contributed by atoms with van der Waals surface area (Å²) in [5.41, 5.74) is 0. The van der Waals surface area contributed by atoms with Crippen molar-refractivity contribution in [2.24, 2.45) is 0 Å². The molecule has 0 aromatic rings. The zero-order valence-electron chi connectivity index (χ0n) is 6.51. The molecule has 0 rings (SSSR count). The third-order valence-electron chi connectivity index (χ3n) is 1.28. The maximum absolute atomic E-state index is 5.22. The summed E-state index contributed by atoms with van der Waals surface area (Å²) >= 11 is 3.96. The minimum absolute atomic E-state index is 0.717. The lowest BCUT2D eigenvalue weighted by Gasteiger charge is -1.99. The highest BCUT2D eigenvalue weighted by Crippen LogP contribution is 2.05. The molecule has 0 aromatic carbocycles. The maximum atomic E-state index is 5.22. The SMILES string of the molecule is CCCCCCOCSS. The molecule has 0 aliphatic carbocycles. The average Bonchev–Trinajstić information content (AvgIpc) is 1.97. The zero-order chi connectivity index (χ0) is 7.66. The van der Waals surface area contributed by atoms with Crippen molar-refractivity contribution in [3.8, 4) is 0 Å². The van der Waals surface area contributed by atoms with E-state index in [0.717, 1.165) is 12.5 Å². The van der Waals surface area contributed by atoms with Crippen LogP contribution in [-0.4, -0.2) is 12.5 Å². The molecule has 0 atom stereocenters. The first kappa shape index (κ1) is 10.7. The van der Waals surface area contributed by atoms with Gasteiger partial charge >= 0.3 is 0 Å². The fraction of sp³-hybridized carbons (Fsp3) is 1.00.